The predicted molar refractivity (Wildman–Crippen MR) is 44.4 cm³/mol. The maximum atomic E-state index is 5.25. The molecule has 0 aromatic heterocycles. The van der Waals surface area contributed by atoms with Gasteiger partial charge in [0.15, 0.2) is 0 Å². The molecule has 0 aromatic rings. The highest BCUT2D eigenvalue weighted by atomic mass is 16.5. The number of nitrogens with two attached hydrogens (primary N) is 1. The molecule has 11 heavy (non-hydrogen) atoms. The largest absolute Gasteiger partial charge is 0.385 e. The Morgan fingerprint density at radius 3 is 2.82 bits per heavy atom. The molecule has 0 aromatic carbocycles. The van der Waals surface area contributed by atoms with E-state index in [0.717, 1.165) is 26.2 Å². The van der Waals surface area contributed by atoms with Crippen molar-refractivity contribution in [2.45, 2.75) is 6.42 Å². The normalized spacial score (nSPS) is 10.4. The van der Waals surface area contributed by atoms with Crippen molar-refractivity contribution in [3.8, 4) is 0 Å². The van der Waals surface area contributed by atoms with E-state index in [1.807, 2.05) is 0 Å². The minimum absolute atomic E-state index is 0.584. The van der Waals surface area contributed by atoms with Crippen molar-refractivity contribution in [2.24, 2.45) is 5.73 Å². The molecule has 0 amide bonds. The number of hydrogen-bond donors (Lipinski definition) is 2. The van der Waals surface area contributed by atoms with Crippen LogP contribution in [0.4, 0.5) is 0 Å². The van der Waals surface area contributed by atoms with E-state index in [-0.39, 0.29) is 0 Å². The highest BCUT2D eigenvalue weighted by molar-refractivity contribution is 4.39. The molecule has 4 heteroatoms. The lowest BCUT2D eigenvalue weighted by molar-refractivity contribution is 0.0915. The van der Waals surface area contributed by atoms with Gasteiger partial charge in [-0.1, -0.05) is 0 Å². The Bertz CT molecular complexity index is 63.5. The molecule has 0 unspecified atom stereocenters. The van der Waals surface area contributed by atoms with E-state index in [1.54, 1.807) is 7.11 Å². The zero-order valence-electron chi connectivity index (χ0n) is 7.14. The van der Waals surface area contributed by atoms with E-state index < -0.39 is 0 Å². The summed E-state index contributed by atoms with van der Waals surface area (Å²) in [5.74, 6) is 0. The van der Waals surface area contributed by atoms with Gasteiger partial charge in [0.05, 0.1) is 13.3 Å². The molecule has 3 N–H and O–H groups in total. The van der Waals surface area contributed by atoms with Crippen LogP contribution in [0.5, 0.6) is 0 Å². The Balaban J connectivity index is 2.69. The molecule has 68 valence electrons. The van der Waals surface area contributed by atoms with Crippen LogP contribution in [0.3, 0.4) is 0 Å². The first-order chi connectivity index (χ1) is 5.41. The van der Waals surface area contributed by atoms with Gasteiger partial charge in [-0.25, -0.2) is 0 Å². The van der Waals surface area contributed by atoms with Gasteiger partial charge < -0.3 is 15.2 Å². The van der Waals surface area contributed by atoms with Crippen molar-refractivity contribution in [3.05, 3.63) is 0 Å². The quantitative estimate of drug-likeness (QED) is 0.375. The maximum Gasteiger partial charge on any atom is 0.0965 e. The van der Waals surface area contributed by atoms with Crippen LogP contribution in [-0.4, -0.2) is 40.1 Å². The molecule has 4 nitrogen and oxygen atoms in total. The first-order valence-electron chi connectivity index (χ1n) is 3.89. The van der Waals surface area contributed by atoms with Crippen molar-refractivity contribution in [2.75, 3.05) is 40.1 Å². The van der Waals surface area contributed by atoms with E-state index in [9.17, 15) is 0 Å². The zero-order chi connectivity index (χ0) is 8.36. The van der Waals surface area contributed by atoms with E-state index in [4.69, 9.17) is 15.2 Å². The first kappa shape index (κ1) is 10.8. The van der Waals surface area contributed by atoms with Crippen molar-refractivity contribution in [3.63, 3.8) is 0 Å². The van der Waals surface area contributed by atoms with Gasteiger partial charge in [-0.05, 0) is 6.42 Å². The topological polar surface area (TPSA) is 56.5 Å². The summed E-state index contributed by atoms with van der Waals surface area (Å²) in [6, 6.07) is 0. The molecular weight excluding hydrogens is 144 g/mol. The average molecular weight is 162 g/mol. The van der Waals surface area contributed by atoms with Crippen LogP contribution in [0.15, 0.2) is 0 Å². The van der Waals surface area contributed by atoms with Crippen molar-refractivity contribution in [1.82, 2.24) is 5.32 Å². The molecule has 0 spiro atoms. The third-order valence-electron chi connectivity index (χ3n) is 1.16. The lowest BCUT2D eigenvalue weighted by atomic mass is 10.5. The van der Waals surface area contributed by atoms with Crippen molar-refractivity contribution >= 4 is 0 Å². The molecular formula is C7H18N2O2. The van der Waals surface area contributed by atoms with Crippen LogP contribution in [0.1, 0.15) is 6.42 Å². The lowest BCUT2D eigenvalue weighted by Crippen LogP contribution is -2.25. The minimum atomic E-state index is 0.584. The molecule has 0 saturated heterocycles. The van der Waals surface area contributed by atoms with Gasteiger partial charge in [0.25, 0.3) is 0 Å². The summed E-state index contributed by atoms with van der Waals surface area (Å²) in [6.07, 6.45) is 0.945. The van der Waals surface area contributed by atoms with Crippen LogP contribution in [0.2, 0.25) is 0 Å². The Kier molecular flexibility index (Phi) is 9.70. The van der Waals surface area contributed by atoms with Gasteiger partial charge in [0, 0.05) is 26.8 Å². The summed E-state index contributed by atoms with van der Waals surface area (Å²) in [7, 11) is 1.69. The predicted octanol–water partition coefficient (Wildman–Crippen LogP) is -0.455. The Morgan fingerprint density at radius 2 is 2.18 bits per heavy atom. The van der Waals surface area contributed by atoms with E-state index >= 15 is 0 Å². The van der Waals surface area contributed by atoms with E-state index in [1.165, 1.54) is 0 Å². The number of ether oxygens (including phenoxy) is 2. The maximum absolute atomic E-state index is 5.25. The third kappa shape index (κ3) is 9.84. The van der Waals surface area contributed by atoms with Crippen LogP contribution in [0, 0.1) is 0 Å². The van der Waals surface area contributed by atoms with Crippen LogP contribution in [0.25, 0.3) is 0 Å². The second kappa shape index (κ2) is 9.84. The first-order valence-corrected chi connectivity index (χ1v) is 3.89. The Hall–Kier alpha value is -0.160. The van der Waals surface area contributed by atoms with Crippen LogP contribution < -0.4 is 11.1 Å². The van der Waals surface area contributed by atoms with E-state index in [2.05, 4.69) is 5.32 Å². The SMILES string of the molecule is COCCCOCNCCN. The van der Waals surface area contributed by atoms with Crippen molar-refractivity contribution < 1.29 is 9.47 Å². The Morgan fingerprint density at radius 1 is 1.36 bits per heavy atom. The second-order valence-electron chi connectivity index (χ2n) is 2.19. The summed E-state index contributed by atoms with van der Waals surface area (Å²) in [5.41, 5.74) is 5.25. The molecule has 0 aliphatic rings. The lowest BCUT2D eigenvalue weighted by Gasteiger charge is -2.03. The van der Waals surface area contributed by atoms with Gasteiger partial charge >= 0.3 is 0 Å². The smallest absolute Gasteiger partial charge is 0.0965 e. The minimum Gasteiger partial charge on any atom is -0.385 e. The molecule has 0 fully saturated rings. The van der Waals surface area contributed by atoms with Crippen LogP contribution in [-0.2, 0) is 9.47 Å². The number of methoxy groups -OCH3 is 1. The van der Waals surface area contributed by atoms with Crippen molar-refractivity contribution in [1.29, 1.82) is 0 Å². The zero-order valence-corrected chi connectivity index (χ0v) is 7.14. The van der Waals surface area contributed by atoms with Gasteiger partial charge in [0.2, 0.25) is 0 Å². The highest BCUT2D eigenvalue weighted by Gasteiger charge is 1.86. The molecule has 0 bridgehead atoms. The molecule has 0 saturated carbocycles. The summed E-state index contributed by atoms with van der Waals surface area (Å²) >= 11 is 0. The molecule has 0 heterocycles. The van der Waals surface area contributed by atoms with Gasteiger partial charge in [-0.15, -0.1) is 0 Å². The molecule has 0 atom stereocenters. The molecule has 0 aliphatic carbocycles. The molecule has 0 aliphatic heterocycles. The number of rotatable bonds is 8. The van der Waals surface area contributed by atoms with Gasteiger partial charge in [-0.2, -0.15) is 0 Å². The molecule has 0 rings (SSSR count). The van der Waals surface area contributed by atoms with Crippen LogP contribution >= 0.6 is 0 Å². The second-order valence-corrected chi connectivity index (χ2v) is 2.19. The highest BCUT2D eigenvalue weighted by Crippen LogP contribution is 1.80. The van der Waals surface area contributed by atoms with Gasteiger partial charge in [0.1, 0.15) is 0 Å². The Labute approximate surface area is 68.0 Å². The third-order valence-corrected chi connectivity index (χ3v) is 1.16. The average Bonchev–Trinajstić information content (AvgIpc) is 2.03. The monoisotopic (exact) mass is 162 g/mol. The number of hydrogen-bond acceptors (Lipinski definition) is 4. The summed E-state index contributed by atoms with van der Waals surface area (Å²) in [6.45, 7) is 3.55. The molecule has 0 radical (unpaired) electrons. The summed E-state index contributed by atoms with van der Waals surface area (Å²) in [4.78, 5) is 0. The fraction of sp³-hybridized carbons (Fsp3) is 1.00. The van der Waals surface area contributed by atoms with E-state index in [0.29, 0.717) is 13.3 Å². The summed E-state index contributed by atoms with van der Waals surface area (Å²) in [5, 5.41) is 3.02. The fourth-order valence-electron chi connectivity index (χ4n) is 0.624. The van der Waals surface area contributed by atoms with Gasteiger partial charge in [-0.3, -0.25) is 5.32 Å². The number of nitrogens with one attached hydrogen (secondary N) is 1. The standard InChI is InChI=1S/C7H18N2O2/c1-10-5-2-6-11-7-9-4-3-8/h9H,2-8H2,1H3. The fourth-order valence-corrected chi connectivity index (χ4v) is 0.624. The summed E-state index contributed by atoms with van der Waals surface area (Å²) < 4.78 is 10.0.